The van der Waals surface area contributed by atoms with Gasteiger partial charge in [0.05, 0.1) is 0 Å². The molecule has 1 fully saturated rings. The molecule has 0 aromatic heterocycles. The van der Waals surface area contributed by atoms with Crippen LogP contribution in [-0.4, -0.2) is 69.3 Å². The molecular weight excluding hydrogens is 284 g/mol. The van der Waals surface area contributed by atoms with E-state index in [-0.39, 0.29) is 24.8 Å². The number of rotatable bonds is 6. The molecule has 20 heavy (non-hydrogen) atoms. The fraction of sp³-hybridized carbons (Fsp3) is 0.818. The van der Waals surface area contributed by atoms with Gasteiger partial charge in [0.25, 0.3) is 10.2 Å². The third-order valence-electron chi connectivity index (χ3n) is 3.04. The van der Waals surface area contributed by atoms with Crippen molar-refractivity contribution in [2.75, 3.05) is 39.3 Å². The van der Waals surface area contributed by atoms with Gasteiger partial charge in [-0.25, -0.2) is 9.44 Å². The number of nitrogens with one attached hydrogen (secondary N) is 2. The highest BCUT2D eigenvalue weighted by Crippen LogP contribution is 2.03. The second-order valence-electron chi connectivity index (χ2n) is 4.53. The predicted molar refractivity (Wildman–Crippen MR) is 74.1 cm³/mol. The van der Waals surface area contributed by atoms with Crippen LogP contribution in [0.5, 0.6) is 0 Å². The molecule has 0 saturated carbocycles. The molecule has 0 aromatic carbocycles. The van der Waals surface area contributed by atoms with E-state index in [1.54, 1.807) is 16.7 Å². The summed E-state index contributed by atoms with van der Waals surface area (Å²) in [5.41, 5.74) is 0. The quantitative estimate of drug-likeness (QED) is 0.624. The Bertz CT molecular complexity index is 443. The maximum Gasteiger partial charge on any atom is 0.276 e. The predicted octanol–water partition coefficient (Wildman–Crippen LogP) is -1.49. The van der Waals surface area contributed by atoms with E-state index in [1.165, 1.54) is 6.92 Å². The zero-order valence-corrected chi connectivity index (χ0v) is 12.7. The van der Waals surface area contributed by atoms with Gasteiger partial charge in [-0.2, -0.15) is 8.42 Å². The standard InChI is InChI=1S/C11H22N4O4S/c1-3-12-20(18,19)13-5-4-11(17)15-8-6-14(7-9-15)10(2)16/h12-13H,3-9H2,1-2H3. The summed E-state index contributed by atoms with van der Waals surface area (Å²) in [6.07, 6.45) is 0.116. The smallest absolute Gasteiger partial charge is 0.276 e. The van der Waals surface area contributed by atoms with Crippen molar-refractivity contribution in [2.45, 2.75) is 20.3 Å². The lowest BCUT2D eigenvalue weighted by Crippen LogP contribution is -2.50. The molecule has 0 aromatic rings. The van der Waals surface area contributed by atoms with Crippen molar-refractivity contribution in [1.82, 2.24) is 19.2 Å². The normalized spacial score (nSPS) is 16.3. The Hall–Kier alpha value is -1.19. The van der Waals surface area contributed by atoms with E-state index in [1.807, 2.05) is 0 Å². The number of piperazine rings is 1. The molecular formula is C11H22N4O4S. The summed E-state index contributed by atoms with van der Waals surface area (Å²) in [5, 5.41) is 0. The first kappa shape index (κ1) is 16.9. The molecule has 1 heterocycles. The second-order valence-corrected chi connectivity index (χ2v) is 6.12. The monoisotopic (exact) mass is 306 g/mol. The first-order valence-corrected chi connectivity index (χ1v) is 8.11. The second kappa shape index (κ2) is 7.55. The SMILES string of the molecule is CCNS(=O)(=O)NCCC(=O)N1CCN(C(C)=O)CC1. The molecule has 1 saturated heterocycles. The number of nitrogens with zero attached hydrogens (tertiary/aromatic N) is 2. The summed E-state index contributed by atoms with van der Waals surface area (Å²) in [6.45, 7) is 5.62. The van der Waals surface area contributed by atoms with Gasteiger partial charge < -0.3 is 9.80 Å². The van der Waals surface area contributed by atoms with Crippen LogP contribution >= 0.6 is 0 Å². The van der Waals surface area contributed by atoms with Crippen LogP contribution in [0.25, 0.3) is 0 Å². The molecule has 0 unspecified atom stereocenters. The van der Waals surface area contributed by atoms with Gasteiger partial charge in [-0.3, -0.25) is 9.59 Å². The topological polar surface area (TPSA) is 98.8 Å². The summed E-state index contributed by atoms with van der Waals surface area (Å²) in [6, 6.07) is 0. The van der Waals surface area contributed by atoms with Crippen LogP contribution < -0.4 is 9.44 Å². The summed E-state index contributed by atoms with van der Waals surface area (Å²) in [4.78, 5) is 26.4. The van der Waals surface area contributed by atoms with Gasteiger partial charge in [0, 0.05) is 52.6 Å². The van der Waals surface area contributed by atoms with E-state index in [9.17, 15) is 18.0 Å². The molecule has 8 nitrogen and oxygen atoms in total. The summed E-state index contributed by atoms with van der Waals surface area (Å²) in [5.74, 6) is -0.0945. The lowest BCUT2D eigenvalue weighted by atomic mass is 10.3. The molecule has 0 radical (unpaired) electrons. The highest BCUT2D eigenvalue weighted by molar-refractivity contribution is 7.87. The first-order valence-electron chi connectivity index (χ1n) is 6.63. The molecule has 9 heteroatoms. The maximum absolute atomic E-state index is 11.9. The molecule has 0 atom stereocenters. The van der Waals surface area contributed by atoms with Crippen LogP contribution in [0.3, 0.4) is 0 Å². The molecule has 0 aliphatic carbocycles. The molecule has 116 valence electrons. The van der Waals surface area contributed by atoms with Crippen LogP contribution in [0, 0.1) is 0 Å². The van der Waals surface area contributed by atoms with Gasteiger partial charge in [-0.1, -0.05) is 6.92 Å². The van der Waals surface area contributed by atoms with Crippen molar-refractivity contribution in [3.8, 4) is 0 Å². The van der Waals surface area contributed by atoms with Crippen molar-refractivity contribution in [3.05, 3.63) is 0 Å². The van der Waals surface area contributed by atoms with Gasteiger partial charge >= 0.3 is 0 Å². The molecule has 0 spiro atoms. The largest absolute Gasteiger partial charge is 0.339 e. The van der Waals surface area contributed by atoms with E-state index in [4.69, 9.17) is 0 Å². The number of carbonyl (C=O) groups is 2. The zero-order chi connectivity index (χ0) is 15.2. The number of amides is 2. The molecule has 2 amide bonds. The van der Waals surface area contributed by atoms with Gasteiger partial charge in [0.15, 0.2) is 0 Å². The zero-order valence-electron chi connectivity index (χ0n) is 11.9. The van der Waals surface area contributed by atoms with Crippen LogP contribution in [0.1, 0.15) is 20.3 Å². The Morgan fingerprint density at radius 1 is 1.05 bits per heavy atom. The van der Waals surface area contributed by atoms with Crippen LogP contribution in [0.2, 0.25) is 0 Å². The van der Waals surface area contributed by atoms with Gasteiger partial charge in [0.2, 0.25) is 11.8 Å². The maximum atomic E-state index is 11.9. The minimum absolute atomic E-state index is 0.00972. The van der Waals surface area contributed by atoms with Gasteiger partial charge in [0.1, 0.15) is 0 Å². The van der Waals surface area contributed by atoms with Crippen molar-refractivity contribution in [1.29, 1.82) is 0 Å². The molecule has 0 bridgehead atoms. The number of hydrogen-bond donors (Lipinski definition) is 2. The Kier molecular flexibility index (Phi) is 6.37. The third-order valence-corrected chi connectivity index (χ3v) is 4.30. The fourth-order valence-corrected chi connectivity index (χ4v) is 2.82. The number of carbonyl (C=O) groups excluding carboxylic acids is 2. The average molecular weight is 306 g/mol. The van der Waals surface area contributed by atoms with E-state index in [2.05, 4.69) is 9.44 Å². The first-order chi connectivity index (χ1) is 9.35. The molecule has 2 N–H and O–H groups in total. The minimum Gasteiger partial charge on any atom is -0.339 e. The Morgan fingerprint density at radius 3 is 2.10 bits per heavy atom. The Balaban J connectivity index is 2.29. The van der Waals surface area contributed by atoms with Crippen molar-refractivity contribution >= 4 is 22.0 Å². The minimum atomic E-state index is -3.50. The van der Waals surface area contributed by atoms with Gasteiger partial charge in [-0.05, 0) is 0 Å². The van der Waals surface area contributed by atoms with Crippen molar-refractivity contribution in [2.24, 2.45) is 0 Å². The lowest BCUT2D eigenvalue weighted by molar-refractivity contribution is -0.138. The number of hydrogen-bond acceptors (Lipinski definition) is 4. The summed E-state index contributed by atoms with van der Waals surface area (Å²) < 4.78 is 27.2. The fourth-order valence-electron chi connectivity index (χ4n) is 1.96. The molecule has 1 aliphatic rings. The highest BCUT2D eigenvalue weighted by atomic mass is 32.2. The Labute approximate surface area is 119 Å². The average Bonchev–Trinajstić information content (AvgIpc) is 2.38. The van der Waals surface area contributed by atoms with E-state index < -0.39 is 10.2 Å². The highest BCUT2D eigenvalue weighted by Gasteiger charge is 2.22. The van der Waals surface area contributed by atoms with Crippen molar-refractivity contribution < 1.29 is 18.0 Å². The Morgan fingerprint density at radius 2 is 1.60 bits per heavy atom. The van der Waals surface area contributed by atoms with E-state index in [0.29, 0.717) is 32.7 Å². The third kappa shape index (κ3) is 5.43. The lowest BCUT2D eigenvalue weighted by Gasteiger charge is -2.34. The van der Waals surface area contributed by atoms with Gasteiger partial charge in [-0.15, -0.1) is 0 Å². The van der Waals surface area contributed by atoms with Crippen LogP contribution in [-0.2, 0) is 19.8 Å². The van der Waals surface area contributed by atoms with Crippen LogP contribution in [0.4, 0.5) is 0 Å². The summed E-state index contributed by atoms with van der Waals surface area (Å²) in [7, 11) is -3.50. The summed E-state index contributed by atoms with van der Waals surface area (Å²) >= 11 is 0. The molecule has 1 rings (SSSR count). The van der Waals surface area contributed by atoms with E-state index in [0.717, 1.165) is 0 Å². The van der Waals surface area contributed by atoms with E-state index >= 15 is 0 Å². The van der Waals surface area contributed by atoms with Crippen LogP contribution in [0.15, 0.2) is 0 Å². The van der Waals surface area contributed by atoms with Crippen molar-refractivity contribution in [3.63, 3.8) is 0 Å². The molecule has 1 aliphatic heterocycles.